The van der Waals surface area contributed by atoms with Crippen LogP contribution in [0.2, 0.25) is 0 Å². The summed E-state index contributed by atoms with van der Waals surface area (Å²) in [4.78, 5) is 20.9. The average Bonchev–Trinajstić information content (AvgIpc) is 2.56. The van der Waals surface area contributed by atoms with Crippen molar-refractivity contribution in [3.05, 3.63) is 71.5 Å². The number of benzene rings is 2. The Hall–Kier alpha value is -3.41. The van der Waals surface area contributed by atoms with E-state index in [0.717, 1.165) is 17.1 Å². The molecule has 0 aliphatic heterocycles. The van der Waals surface area contributed by atoms with Gasteiger partial charge in [-0.2, -0.15) is 0 Å². The summed E-state index contributed by atoms with van der Waals surface area (Å²) in [6.45, 7) is 3.83. The molecule has 1 aromatic heterocycles. The van der Waals surface area contributed by atoms with Gasteiger partial charge in [0, 0.05) is 28.3 Å². The number of nitrogens with zero attached hydrogens (tertiary/aromatic N) is 2. The Morgan fingerprint density at radius 3 is 2.04 bits per heavy atom. The van der Waals surface area contributed by atoms with E-state index in [1.807, 2.05) is 19.9 Å². The number of nitrogens with one attached hydrogen (secondary N) is 2. The maximum atomic E-state index is 12.2. The minimum absolute atomic E-state index is 0.155. The highest BCUT2D eigenvalue weighted by Gasteiger charge is 2.07. The second-order valence-corrected chi connectivity index (χ2v) is 5.68. The number of carbonyl (C=O) groups is 1. The molecule has 0 aliphatic carbocycles. The Labute approximate surface area is 145 Å². The largest absolute Gasteiger partial charge is 0.508 e. The number of aromatic nitrogens is 2. The molecular weight excluding hydrogens is 316 g/mol. The van der Waals surface area contributed by atoms with E-state index >= 15 is 0 Å². The molecule has 0 bridgehead atoms. The second-order valence-electron chi connectivity index (χ2n) is 5.68. The van der Waals surface area contributed by atoms with Gasteiger partial charge in [0.05, 0.1) is 0 Å². The van der Waals surface area contributed by atoms with Crippen molar-refractivity contribution in [3.63, 3.8) is 0 Å². The van der Waals surface area contributed by atoms with Crippen molar-refractivity contribution in [1.82, 2.24) is 9.97 Å². The molecule has 1 amide bonds. The third kappa shape index (κ3) is 4.32. The third-order valence-corrected chi connectivity index (χ3v) is 3.51. The fraction of sp³-hybridized carbons (Fsp3) is 0.105. The van der Waals surface area contributed by atoms with E-state index < -0.39 is 0 Å². The van der Waals surface area contributed by atoms with Crippen LogP contribution in [0.1, 0.15) is 21.7 Å². The highest BCUT2D eigenvalue weighted by molar-refractivity contribution is 6.04. The fourth-order valence-corrected chi connectivity index (χ4v) is 2.36. The van der Waals surface area contributed by atoms with Crippen LogP contribution in [0.4, 0.5) is 17.3 Å². The standard InChI is InChI=1S/C19H18N4O2/c1-12-11-13(2)21-19(20-12)23-16-5-3-14(4-6-16)18(25)22-15-7-9-17(24)10-8-15/h3-11,24H,1-2H3,(H,22,25)(H,20,21,23). The maximum absolute atomic E-state index is 12.2. The van der Waals surface area contributed by atoms with E-state index in [0.29, 0.717) is 17.2 Å². The van der Waals surface area contributed by atoms with Crippen LogP contribution < -0.4 is 10.6 Å². The predicted molar refractivity (Wildman–Crippen MR) is 97.3 cm³/mol. The number of hydrogen-bond donors (Lipinski definition) is 3. The number of aryl methyl sites for hydroxylation is 2. The van der Waals surface area contributed by atoms with Gasteiger partial charge in [-0.1, -0.05) is 0 Å². The van der Waals surface area contributed by atoms with Gasteiger partial charge in [-0.3, -0.25) is 4.79 Å². The minimum Gasteiger partial charge on any atom is -0.508 e. The van der Waals surface area contributed by atoms with Crippen LogP contribution in [0, 0.1) is 13.8 Å². The number of aromatic hydroxyl groups is 1. The van der Waals surface area contributed by atoms with Crippen molar-refractivity contribution in [2.75, 3.05) is 10.6 Å². The molecule has 0 saturated carbocycles. The van der Waals surface area contributed by atoms with Crippen molar-refractivity contribution in [2.45, 2.75) is 13.8 Å². The molecule has 0 radical (unpaired) electrons. The average molecular weight is 334 g/mol. The number of amides is 1. The Balaban J connectivity index is 1.68. The summed E-state index contributed by atoms with van der Waals surface area (Å²) in [5, 5.41) is 15.2. The second kappa shape index (κ2) is 7.00. The zero-order valence-electron chi connectivity index (χ0n) is 13.9. The first-order valence-electron chi connectivity index (χ1n) is 7.79. The van der Waals surface area contributed by atoms with Gasteiger partial charge in [-0.05, 0) is 68.4 Å². The van der Waals surface area contributed by atoms with Gasteiger partial charge in [0.1, 0.15) is 5.75 Å². The highest BCUT2D eigenvalue weighted by Crippen LogP contribution is 2.17. The Kier molecular flexibility index (Phi) is 4.61. The van der Waals surface area contributed by atoms with Crippen LogP contribution in [0.3, 0.4) is 0 Å². The van der Waals surface area contributed by atoms with Crippen LogP contribution in [-0.2, 0) is 0 Å². The number of phenolic OH excluding ortho intramolecular Hbond substituents is 1. The van der Waals surface area contributed by atoms with Crippen molar-refractivity contribution in [3.8, 4) is 5.75 Å². The molecular formula is C19H18N4O2. The summed E-state index contributed by atoms with van der Waals surface area (Å²) in [6.07, 6.45) is 0. The molecule has 6 nitrogen and oxygen atoms in total. The smallest absolute Gasteiger partial charge is 0.255 e. The maximum Gasteiger partial charge on any atom is 0.255 e. The van der Waals surface area contributed by atoms with Gasteiger partial charge in [0.25, 0.3) is 5.91 Å². The summed E-state index contributed by atoms with van der Waals surface area (Å²) in [5.74, 6) is 0.459. The monoisotopic (exact) mass is 334 g/mol. The first kappa shape index (κ1) is 16.4. The Morgan fingerprint density at radius 2 is 1.44 bits per heavy atom. The molecule has 1 heterocycles. The summed E-state index contributed by atoms with van der Waals surface area (Å²) in [7, 11) is 0. The van der Waals surface area contributed by atoms with Gasteiger partial charge >= 0.3 is 0 Å². The molecule has 0 atom stereocenters. The molecule has 6 heteroatoms. The number of phenols is 1. The molecule has 0 aliphatic rings. The molecule has 126 valence electrons. The quantitative estimate of drug-likeness (QED) is 0.632. The Morgan fingerprint density at radius 1 is 0.880 bits per heavy atom. The van der Waals surface area contributed by atoms with E-state index in [-0.39, 0.29) is 11.7 Å². The van der Waals surface area contributed by atoms with Crippen molar-refractivity contribution in [1.29, 1.82) is 0 Å². The summed E-state index contributed by atoms with van der Waals surface area (Å²) >= 11 is 0. The molecule has 0 unspecified atom stereocenters. The minimum atomic E-state index is -0.222. The molecule has 3 rings (SSSR count). The molecule has 0 fully saturated rings. The lowest BCUT2D eigenvalue weighted by atomic mass is 10.2. The lowest BCUT2D eigenvalue weighted by molar-refractivity contribution is 0.102. The summed E-state index contributed by atoms with van der Waals surface area (Å²) in [5.41, 5.74) is 3.72. The van der Waals surface area contributed by atoms with Crippen molar-refractivity contribution in [2.24, 2.45) is 0 Å². The van der Waals surface area contributed by atoms with Gasteiger partial charge in [-0.25, -0.2) is 9.97 Å². The molecule has 3 N–H and O–H groups in total. The number of carbonyl (C=O) groups excluding carboxylic acids is 1. The normalized spacial score (nSPS) is 10.3. The van der Waals surface area contributed by atoms with E-state index in [4.69, 9.17) is 0 Å². The highest BCUT2D eigenvalue weighted by atomic mass is 16.3. The molecule has 2 aromatic carbocycles. The molecule has 0 spiro atoms. The zero-order valence-corrected chi connectivity index (χ0v) is 13.9. The van der Waals surface area contributed by atoms with Crippen LogP contribution >= 0.6 is 0 Å². The zero-order chi connectivity index (χ0) is 17.8. The van der Waals surface area contributed by atoms with E-state index in [1.54, 1.807) is 36.4 Å². The number of rotatable bonds is 4. The van der Waals surface area contributed by atoms with Crippen LogP contribution in [0.5, 0.6) is 5.75 Å². The predicted octanol–water partition coefficient (Wildman–Crippen LogP) is 3.79. The molecule has 25 heavy (non-hydrogen) atoms. The van der Waals surface area contributed by atoms with Gasteiger partial charge in [-0.15, -0.1) is 0 Å². The Bertz CT molecular complexity index is 870. The summed E-state index contributed by atoms with van der Waals surface area (Å²) < 4.78 is 0. The number of anilines is 3. The number of hydrogen-bond acceptors (Lipinski definition) is 5. The molecule has 0 saturated heterocycles. The van der Waals surface area contributed by atoms with Crippen molar-refractivity contribution < 1.29 is 9.90 Å². The van der Waals surface area contributed by atoms with Gasteiger partial charge in [0.2, 0.25) is 5.95 Å². The van der Waals surface area contributed by atoms with Gasteiger partial charge < -0.3 is 15.7 Å². The first-order valence-corrected chi connectivity index (χ1v) is 7.79. The topological polar surface area (TPSA) is 87.1 Å². The van der Waals surface area contributed by atoms with Gasteiger partial charge in [0.15, 0.2) is 0 Å². The molecule has 3 aromatic rings. The first-order chi connectivity index (χ1) is 12.0. The van der Waals surface area contributed by atoms with E-state index in [9.17, 15) is 9.90 Å². The summed E-state index contributed by atoms with van der Waals surface area (Å²) in [6, 6.07) is 15.3. The van der Waals surface area contributed by atoms with Crippen LogP contribution in [0.15, 0.2) is 54.6 Å². The van der Waals surface area contributed by atoms with Crippen LogP contribution in [0.25, 0.3) is 0 Å². The van der Waals surface area contributed by atoms with E-state index in [2.05, 4.69) is 20.6 Å². The lowest BCUT2D eigenvalue weighted by Gasteiger charge is -2.08. The third-order valence-electron chi connectivity index (χ3n) is 3.51. The fourth-order valence-electron chi connectivity index (χ4n) is 2.36. The van der Waals surface area contributed by atoms with E-state index in [1.165, 1.54) is 12.1 Å². The SMILES string of the molecule is Cc1cc(C)nc(Nc2ccc(C(=O)Nc3ccc(O)cc3)cc2)n1. The van der Waals surface area contributed by atoms with Crippen LogP contribution in [-0.4, -0.2) is 21.0 Å². The lowest BCUT2D eigenvalue weighted by Crippen LogP contribution is -2.11. The van der Waals surface area contributed by atoms with Crippen molar-refractivity contribution >= 4 is 23.2 Å².